The lowest BCUT2D eigenvalue weighted by Gasteiger charge is -2.35. The number of aliphatic hydroxyl groups is 1. The molecular weight excluding hydrogens is 238 g/mol. The van der Waals surface area contributed by atoms with Crippen LogP contribution in [0.15, 0.2) is 18.2 Å². The molecule has 0 saturated carbocycles. The highest BCUT2D eigenvalue weighted by Crippen LogP contribution is 2.26. The molecule has 2 heterocycles. The van der Waals surface area contributed by atoms with E-state index < -0.39 is 5.60 Å². The molecule has 0 spiro atoms. The van der Waals surface area contributed by atoms with Crippen LogP contribution in [-0.2, 0) is 12.8 Å². The molecule has 1 aromatic rings. The van der Waals surface area contributed by atoms with Gasteiger partial charge in [-0.2, -0.15) is 0 Å². The van der Waals surface area contributed by atoms with E-state index >= 15 is 0 Å². The number of benzene rings is 1. The van der Waals surface area contributed by atoms with E-state index in [0.717, 1.165) is 57.7 Å². The Balaban J connectivity index is 1.53. The van der Waals surface area contributed by atoms with Crippen molar-refractivity contribution in [1.82, 2.24) is 4.90 Å². The molecule has 3 nitrogen and oxygen atoms in total. The highest BCUT2D eigenvalue weighted by atomic mass is 16.5. The van der Waals surface area contributed by atoms with E-state index in [4.69, 9.17) is 4.74 Å². The van der Waals surface area contributed by atoms with Gasteiger partial charge in [-0.25, -0.2) is 0 Å². The van der Waals surface area contributed by atoms with Crippen LogP contribution >= 0.6 is 0 Å². The molecule has 0 bridgehead atoms. The second kappa shape index (κ2) is 5.14. The summed E-state index contributed by atoms with van der Waals surface area (Å²) in [7, 11) is 0. The topological polar surface area (TPSA) is 32.7 Å². The molecule has 104 valence electrons. The Bertz CT molecular complexity index is 446. The quantitative estimate of drug-likeness (QED) is 0.903. The first kappa shape index (κ1) is 12.9. The van der Waals surface area contributed by atoms with Crippen molar-refractivity contribution in [2.75, 3.05) is 26.2 Å². The smallest absolute Gasteiger partial charge is 0.122 e. The van der Waals surface area contributed by atoms with Crippen LogP contribution in [0.4, 0.5) is 0 Å². The maximum atomic E-state index is 9.94. The fraction of sp³-hybridized carbons (Fsp3) is 0.625. The molecule has 0 amide bonds. The van der Waals surface area contributed by atoms with Gasteiger partial charge in [0.1, 0.15) is 5.75 Å². The number of likely N-dealkylation sites (tertiary alicyclic amines) is 1. The largest absolute Gasteiger partial charge is 0.493 e. The van der Waals surface area contributed by atoms with E-state index in [1.54, 1.807) is 0 Å². The highest BCUT2D eigenvalue weighted by Gasteiger charge is 2.26. The van der Waals surface area contributed by atoms with Gasteiger partial charge in [-0.05, 0) is 43.4 Å². The average Bonchev–Trinajstić information content (AvgIpc) is 2.85. The summed E-state index contributed by atoms with van der Waals surface area (Å²) in [5.74, 6) is 1.07. The molecule has 0 aliphatic carbocycles. The third-order valence-corrected chi connectivity index (χ3v) is 4.40. The van der Waals surface area contributed by atoms with E-state index in [9.17, 15) is 5.11 Å². The molecule has 2 aliphatic rings. The van der Waals surface area contributed by atoms with Crippen molar-refractivity contribution in [3.63, 3.8) is 0 Å². The van der Waals surface area contributed by atoms with Crippen molar-refractivity contribution in [2.45, 2.75) is 38.2 Å². The Hall–Kier alpha value is -1.06. The van der Waals surface area contributed by atoms with Crippen LogP contribution in [-0.4, -0.2) is 41.8 Å². The molecule has 0 radical (unpaired) electrons. The van der Waals surface area contributed by atoms with Gasteiger partial charge in [0.25, 0.3) is 0 Å². The van der Waals surface area contributed by atoms with Crippen LogP contribution in [0.3, 0.4) is 0 Å². The van der Waals surface area contributed by atoms with Crippen molar-refractivity contribution in [1.29, 1.82) is 0 Å². The summed E-state index contributed by atoms with van der Waals surface area (Å²) in [6.45, 7) is 5.91. The zero-order chi connectivity index (χ0) is 13.3. The van der Waals surface area contributed by atoms with Crippen molar-refractivity contribution < 1.29 is 9.84 Å². The van der Waals surface area contributed by atoms with Gasteiger partial charge in [-0.1, -0.05) is 12.1 Å². The number of ether oxygens (including phenoxy) is 1. The molecule has 1 saturated heterocycles. The first-order valence-corrected chi connectivity index (χ1v) is 7.32. The summed E-state index contributed by atoms with van der Waals surface area (Å²) < 4.78 is 5.53. The summed E-state index contributed by atoms with van der Waals surface area (Å²) in [4.78, 5) is 2.46. The molecule has 3 rings (SSSR count). The van der Waals surface area contributed by atoms with Crippen LogP contribution < -0.4 is 4.74 Å². The normalized spacial score (nSPS) is 22.0. The second-order valence-corrected chi connectivity index (χ2v) is 6.13. The molecule has 1 fully saturated rings. The van der Waals surface area contributed by atoms with Gasteiger partial charge in [0.15, 0.2) is 0 Å². The van der Waals surface area contributed by atoms with E-state index in [1.165, 1.54) is 11.1 Å². The number of fused-ring (bicyclic) bond motifs is 1. The standard InChI is InChI=1S/C16H23NO2/c1-16(18)6-9-17(10-7-16)8-4-13-2-3-15-14(12-13)5-11-19-15/h2-3,12,18H,4-11H2,1H3. The number of hydrogen-bond donors (Lipinski definition) is 1. The molecule has 0 atom stereocenters. The van der Waals surface area contributed by atoms with Gasteiger partial charge in [0.2, 0.25) is 0 Å². The van der Waals surface area contributed by atoms with Gasteiger partial charge in [-0.15, -0.1) is 0 Å². The predicted octanol–water partition coefficient (Wildman–Crippen LogP) is 2.01. The Morgan fingerprint density at radius 3 is 2.89 bits per heavy atom. The van der Waals surface area contributed by atoms with Crippen LogP contribution in [0.25, 0.3) is 0 Å². The number of nitrogens with zero attached hydrogens (tertiary/aromatic N) is 1. The Morgan fingerprint density at radius 1 is 1.32 bits per heavy atom. The fourth-order valence-corrected chi connectivity index (χ4v) is 2.94. The van der Waals surface area contributed by atoms with Gasteiger partial charge in [0.05, 0.1) is 12.2 Å². The first-order valence-electron chi connectivity index (χ1n) is 7.32. The minimum absolute atomic E-state index is 0.443. The molecule has 0 aromatic heterocycles. The summed E-state index contributed by atoms with van der Waals surface area (Å²) >= 11 is 0. The van der Waals surface area contributed by atoms with Crippen LogP contribution in [0.1, 0.15) is 30.9 Å². The molecule has 3 heteroatoms. The molecule has 1 aromatic carbocycles. The minimum Gasteiger partial charge on any atom is -0.493 e. The number of hydrogen-bond acceptors (Lipinski definition) is 3. The van der Waals surface area contributed by atoms with Crippen LogP contribution in [0, 0.1) is 0 Å². The van der Waals surface area contributed by atoms with Crippen molar-refractivity contribution >= 4 is 0 Å². The Labute approximate surface area is 115 Å². The monoisotopic (exact) mass is 261 g/mol. The van der Waals surface area contributed by atoms with Crippen LogP contribution in [0.2, 0.25) is 0 Å². The Kier molecular flexibility index (Phi) is 3.50. The summed E-state index contributed by atoms with van der Waals surface area (Å²) in [5.41, 5.74) is 2.32. The van der Waals surface area contributed by atoms with Crippen LogP contribution in [0.5, 0.6) is 5.75 Å². The summed E-state index contributed by atoms with van der Waals surface area (Å²) in [6, 6.07) is 6.59. The molecule has 19 heavy (non-hydrogen) atoms. The van der Waals surface area contributed by atoms with E-state index in [1.807, 2.05) is 6.92 Å². The minimum atomic E-state index is -0.443. The lowest BCUT2D eigenvalue weighted by Crippen LogP contribution is -2.43. The van der Waals surface area contributed by atoms with Crippen molar-refractivity contribution in [3.05, 3.63) is 29.3 Å². The van der Waals surface area contributed by atoms with Crippen molar-refractivity contribution in [3.8, 4) is 5.75 Å². The molecule has 2 aliphatic heterocycles. The van der Waals surface area contributed by atoms with Gasteiger partial charge >= 0.3 is 0 Å². The van der Waals surface area contributed by atoms with E-state index in [-0.39, 0.29) is 0 Å². The average molecular weight is 261 g/mol. The van der Waals surface area contributed by atoms with Gasteiger partial charge in [0, 0.05) is 26.1 Å². The SMILES string of the molecule is CC1(O)CCN(CCc2ccc3c(c2)CCO3)CC1. The maximum Gasteiger partial charge on any atom is 0.122 e. The number of piperidine rings is 1. The van der Waals surface area contributed by atoms with Gasteiger partial charge in [-0.3, -0.25) is 0 Å². The molecular formula is C16H23NO2. The van der Waals surface area contributed by atoms with E-state index in [2.05, 4.69) is 23.1 Å². The first-order chi connectivity index (χ1) is 9.12. The summed E-state index contributed by atoms with van der Waals surface area (Å²) in [5, 5.41) is 9.94. The third-order valence-electron chi connectivity index (χ3n) is 4.40. The van der Waals surface area contributed by atoms with E-state index in [0.29, 0.717) is 0 Å². The maximum absolute atomic E-state index is 9.94. The van der Waals surface area contributed by atoms with Gasteiger partial charge < -0.3 is 14.7 Å². The third kappa shape index (κ3) is 3.10. The second-order valence-electron chi connectivity index (χ2n) is 6.13. The predicted molar refractivity (Wildman–Crippen MR) is 75.6 cm³/mol. The summed E-state index contributed by atoms with van der Waals surface area (Å²) in [6.07, 6.45) is 3.93. The highest BCUT2D eigenvalue weighted by molar-refractivity contribution is 5.39. The van der Waals surface area contributed by atoms with Crippen molar-refractivity contribution in [2.24, 2.45) is 0 Å². The lowest BCUT2D eigenvalue weighted by atomic mass is 9.93. The molecule has 1 N–H and O–H groups in total. The lowest BCUT2D eigenvalue weighted by molar-refractivity contribution is -0.00491. The zero-order valence-electron chi connectivity index (χ0n) is 11.7. The zero-order valence-corrected chi connectivity index (χ0v) is 11.7. The number of rotatable bonds is 3. The Morgan fingerprint density at radius 2 is 2.11 bits per heavy atom. The molecule has 0 unspecified atom stereocenters. The fourth-order valence-electron chi connectivity index (χ4n) is 2.94.